The molecule has 0 radical (unpaired) electrons. The first kappa shape index (κ1) is 15.7. The van der Waals surface area contributed by atoms with Crippen molar-refractivity contribution in [3.63, 3.8) is 0 Å². The van der Waals surface area contributed by atoms with Crippen LogP contribution in [0.1, 0.15) is 5.56 Å². The topological polar surface area (TPSA) is 66.9 Å². The van der Waals surface area contributed by atoms with Gasteiger partial charge in [0.25, 0.3) is 0 Å². The first-order valence-corrected chi connectivity index (χ1v) is 7.89. The van der Waals surface area contributed by atoms with E-state index in [1.807, 2.05) is 0 Å². The highest BCUT2D eigenvalue weighted by Gasteiger charge is 2.30. The lowest BCUT2D eigenvalue weighted by atomic mass is 10.2. The van der Waals surface area contributed by atoms with E-state index in [9.17, 15) is 17.6 Å². The highest BCUT2D eigenvalue weighted by molar-refractivity contribution is 7.89. The SMILES string of the molecule is COC(=O)N1CCN(S(=O)(=O)c2ccc(F)c(C)c2)CC1. The smallest absolute Gasteiger partial charge is 0.409 e. The van der Waals surface area contributed by atoms with Gasteiger partial charge in [0.15, 0.2) is 0 Å². The second-order valence-electron chi connectivity index (χ2n) is 4.77. The molecule has 2 rings (SSSR count). The largest absolute Gasteiger partial charge is 0.453 e. The van der Waals surface area contributed by atoms with Gasteiger partial charge in [-0.1, -0.05) is 0 Å². The molecule has 21 heavy (non-hydrogen) atoms. The molecular weight excluding hydrogens is 299 g/mol. The van der Waals surface area contributed by atoms with E-state index in [1.54, 1.807) is 0 Å². The number of hydrogen-bond acceptors (Lipinski definition) is 4. The van der Waals surface area contributed by atoms with Crippen LogP contribution in [0.25, 0.3) is 0 Å². The maximum absolute atomic E-state index is 13.2. The molecule has 1 fully saturated rings. The number of halogens is 1. The van der Waals surface area contributed by atoms with Crippen molar-refractivity contribution >= 4 is 16.1 Å². The van der Waals surface area contributed by atoms with Crippen LogP contribution in [0.4, 0.5) is 9.18 Å². The number of aryl methyl sites for hydroxylation is 1. The van der Waals surface area contributed by atoms with Gasteiger partial charge in [-0.2, -0.15) is 4.31 Å². The maximum Gasteiger partial charge on any atom is 0.409 e. The fourth-order valence-corrected chi connectivity index (χ4v) is 3.67. The second-order valence-corrected chi connectivity index (χ2v) is 6.71. The summed E-state index contributed by atoms with van der Waals surface area (Å²) >= 11 is 0. The molecule has 1 amide bonds. The molecule has 1 saturated heterocycles. The van der Waals surface area contributed by atoms with Gasteiger partial charge in [-0.3, -0.25) is 0 Å². The molecule has 0 aromatic heterocycles. The van der Waals surface area contributed by atoms with Crippen LogP contribution < -0.4 is 0 Å². The predicted octanol–water partition coefficient (Wildman–Crippen LogP) is 1.21. The van der Waals surface area contributed by atoms with Gasteiger partial charge in [-0.05, 0) is 30.7 Å². The van der Waals surface area contributed by atoms with Crippen LogP contribution >= 0.6 is 0 Å². The number of carbonyl (C=O) groups excluding carboxylic acids is 1. The summed E-state index contributed by atoms with van der Waals surface area (Å²) in [5.74, 6) is -0.440. The first-order chi connectivity index (χ1) is 9.86. The van der Waals surface area contributed by atoms with E-state index in [0.29, 0.717) is 0 Å². The average molecular weight is 316 g/mol. The van der Waals surface area contributed by atoms with Crippen molar-refractivity contribution in [3.05, 3.63) is 29.6 Å². The summed E-state index contributed by atoms with van der Waals surface area (Å²) in [6.45, 7) is 2.43. The highest BCUT2D eigenvalue weighted by atomic mass is 32.2. The zero-order valence-corrected chi connectivity index (χ0v) is 12.7. The summed E-state index contributed by atoms with van der Waals surface area (Å²) in [6.07, 6.45) is -0.468. The van der Waals surface area contributed by atoms with Crippen molar-refractivity contribution in [2.24, 2.45) is 0 Å². The fraction of sp³-hybridized carbons (Fsp3) is 0.462. The third-order valence-corrected chi connectivity index (χ3v) is 5.33. The molecule has 0 saturated carbocycles. The van der Waals surface area contributed by atoms with E-state index in [2.05, 4.69) is 4.74 Å². The third kappa shape index (κ3) is 3.16. The Kier molecular flexibility index (Phi) is 4.48. The average Bonchev–Trinajstić information content (AvgIpc) is 2.49. The Labute approximate surface area is 123 Å². The van der Waals surface area contributed by atoms with Crippen molar-refractivity contribution in [3.8, 4) is 0 Å². The molecule has 0 unspecified atom stereocenters. The Balaban J connectivity index is 2.14. The third-order valence-electron chi connectivity index (χ3n) is 3.44. The molecule has 116 valence electrons. The molecule has 6 nitrogen and oxygen atoms in total. The van der Waals surface area contributed by atoms with Gasteiger partial charge in [0.05, 0.1) is 12.0 Å². The summed E-state index contributed by atoms with van der Waals surface area (Å²) < 4.78 is 44.1. The highest BCUT2D eigenvalue weighted by Crippen LogP contribution is 2.20. The molecule has 1 aromatic rings. The van der Waals surface area contributed by atoms with Gasteiger partial charge in [0, 0.05) is 26.2 Å². The number of nitrogens with zero attached hydrogens (tertiary/aromatic N) is 2. The minimum Gasteiger partial charge on any atom is -0.453 e. The van der Waals surface area contributed by atoms with Crippen LogP contribution in [0.5, 0.6) is 0 Å². The number of piperazine rings is 1. The monoisotopic (exact) mass is 316 g/mol. The summed E-state index contributed by atoms with van der Waals surface area (Å²) in [7, 11) is -2.38. The van der Waals surface area contributed by atoms with Crippen molar-refractivity contribution < 1.29 is 22.3 Å². The number of hydrogen-bond donors (Lipinski definition) is 0. The number of methoxy groups -OCH3 is 1. The standard InChI is InChI=1S/C13H17FN2O4S/c1-10-9-11(3-4-12(10)14)21(18,19)16-7-5-15(6-8-16)13(17)20-2/h3-4,9H,5-8H2,1-2H3. The van der Waals surface area contributed by atoms with Crippen LogP contribution in [0, 0.1) is 12.7 Å². The van der Waals surface area contributed by atoms with Gasteiger partial charge >= 0.3 is 6.09 Å². The number of rotatable bonds is 2. The molecule has 0 aliphatic carbocycles. The summed E-state index contributed by atoms with van der Waals surface area (Å²) in [6, 6.07) is 3.72. The Hall–Kier alpha value is -1.67. The minimum absolute atomic E-state index is 0.0629. The number of benzene rings is 1. The van der Waals surface area contributed by atoms with Crippen LogP contribution in [0.3, 0.4) is 0 Å². The molecule has 0 spiro atoms. The Morgan fingerprint density at radius 3 is 2.38 bits per heavy atom. The lowest BCUT2D eigenvalue weighted by molar-refractivity contribution is 0.108. The minimum atomic E-state index is -3.67. The second kappa shape index (κ2) is 5.98. The van der Waals surface area contributed by atoms with E-state index in [0.717, 1.165) is 6.07 Å². The van der Waals surface area contributed by atoms with Gasteiger partial charge in [-0.15, -0.1) is 0 Å². The van der Waals surface area contributed by atoms with Crippen LogP contribution in [-0.4, -0.2) is 57.0 Å². The zero-order valence-electron chi connectivity index (χ0n) is 11.9. The molecule has 1 heterocycles. The van der Waals surface area contributed by atoms with Crippen molar-refractivity contribution in [1.29, 1.82) is 0 Å². The number of sulfonamides is 1. The molecule has 8 heteroatoms. The Morgan fingerprint density at radius 2 is 1.86 bits per heavy atom. The van der Waals surface area contributed by atoms with Crippen LogP contribution in [0.15, 0.2) is 23.1 Å². The maximum atomic E-state index is 13.2. The number of amides is 1. The molecule has 1 aliphatic heterocycles. The van der Waals surface area contributed by atoms with Crippen LogP contribution in [-0.2, 0) is 14.8 Å². The Morgan fingerprint density at radius 1 is 1.24 bits per heavy atom. The van der Waals surface area contributed by atoms with E-state index in [-0.39, 0.29) is 36.6 Å². The van der Waals surface area contributed by atoms with Crippen molar-refractivity contribution in [2.75, 3.05) is 33.3 Å². The van der Waals surface area contributed by atoms with Crippen LogP contribution in [0.2, 0.25) is 0 Å². The summed E-state index contributed by atoms with van der Waals surface area (Å²) in [5, 5.41) is 0. The van der Waals surface area contributed by atoms with E-state index < -0.39 is 21.9 Å². The molecule has 0 N–H and O–H groups in total. The molecule has 0 bridgehead atoms. The summed E-state index contributed by atoms with van der Waals surface area (Å²) in [5.41, 5.74) is 0.282. The molecule has 0 atom stereocenters. The summed E-state index contributed by atoms with van der Waals surface area (Å²) in [4.78, 5) is 12.9. The van der Waals surface area contributed by atoms with E-state index >= 15 is 0 Å². The van der Waals surface area contributed by atoms with Gasteiger partial charge in [0.1, 0.15) is 5.82 Å². The van der Waals surface area contributed by atoms with Gasteiger partial charge < -0.3 is 9.64 Å². The van der Waals surface area contributed by atoms with Gasteiger partial charge in [0.2, 0.25) is 10.0 Å². The lowest BCUT2D eigenvalue weighted by Crippen LogP contribution is -2.50. The molecule has 1 aliphatic rings. The zero-order chi connectivity index (χ0) is 15.6. The van der Waals surface area contributed by atoms with Gasteiger partial charge in [-0.25, -0.2) is 17.6 Å². The van der Waals surface area contributed by atoms with E-state index in [1.165, 1.54) is 35.4 Å². The normalized spacial score (nSPS) is 16.8. The molecular formula is C13H17FN2O4S. The first-order valence-electron chi connectivity index (χ1n) is 6.45. The lowest BCUT2D eigenvalue weighted by Gasteiger charge is -2.33. The quantitative estimate of drug-likeness (QED) is 0.822. The fourth-order valence-electron chi connectivity index (χ4n) is 2.17. The van der Waals surface area contributed by atoms with Crippen molar-refractivity contribution in [2.45, 2.75) is 11.8 Å². The van der Waals surface area contributed by atoms with Crippen molar-refractivity contribution in [1.82, 2.24) is 9.21 Å². The predicted molar refractivity (Wildman–Crippen MR) is 73.9 cm³/mol. The number of ether oxygens (including phenoxy) is 1. The number of carbonyl (C=O) groups is 1. The Bertz CT molecular complexity index is 640. The van der Waals surface area contributed by atoms with E-state index in [4.69, 9.17) is 0 Å². The molecule has 1 aromatic carbocycles.